The molecule has 1 N–H and O–H groups in total. The number of carbonyl (C=O) groups excluding carboxylic acids is 2. The molecule has 0 bridgehead atoms. The summed E-state index contributed by atoms with van der Waals surface area (Å²) in [7, 11) is 0. The van der Waals surface area contributed by atoms with Crippen molar-refractivity contribution in [2.45, 2.75) is 64.1 Å². The predicted octanol–water partition coefficient (Wildman–Crippen LogP) is 6.36. The van der Waals surface area contributed by atoms with Crippen LogP contribution in [0.25, 0.3) is 0 Å². The summed E-state index contributed by atoms with van der Waals surface area (Å²) in [5.41, 5.74) is 2.69. The van der Waals surface area contributed by atoms with E-state index in [2.05, 4.69) is 21.2 Å². The van der Waals surface area contributed by atoms with Crippen LogP contribution in [0.15, 0.2) is 77.3 Å². The molecule has 2 amide bonds. The first-order valence-corrected chi connectivity index (χ1v) is 14.0. The number of amides is 2. The van der Waals surface area contributed by atoms with Crippen LogP contribution in [0, 0.1) is 12.7 Å². The van der Waals surface area contributed by atoms with Crippen molar-refractivity contribution in [1.82, 2.24) is 10.2 Å². The number of benzene rings is 3. The molecule has 1 unspecified atom stereocenters. The largest absolute Gasteiger partial charge is 0.484 e. The van der Waals surface area contributed by atoms with Crippen LogP contribution in [0.2, 0.25) is 0 Å². The number of hydrogen-bond acceptors (Lipinski definition) is 3. The molecule has 0 heterocycles. The van der Waals surface area contributed by atoms with Crippen molar-refractivity contribution in [1.29, 1.82) is 0 Å². The van der Waals surface area contributed by atoms with Crippen LogP contribution >= 0.6 is 15.9 Å². The van der Waals surface area contributed by atoms with E-state index in [9.17, 15) is 14.0 Å². The fourth-order valence-corrected chi connectivity index (χ4v) is 5.07. The van der Waals surface area contributed by atoms with E-state index in [1.165, 1.54) is 18.6 Å². The van der Waals surface area contributed by atoms with Gasteiger partial charge in [-0.25, -0.2) is 4.39 Å². The quantitative estimate of drug-likeness (QED) is 0.303. The Morgan fingerprint density at radius 3 is 2.39 bits per heavy atom. The number of rotatable bonds is 10. The molecule has 1 fully saturated rings. The van der Waals surface area contributed by atoms with Crippen molar-refractivity contribution in [2.75, 3.05) is 6.61 Å². The number of aryl methyl sites for hydroxylation is 1. The maximum atomic E-state index is 13.8. The van der Waals surface area contributed by atoms with Gasteiger partial charge in [-0.3, -0.25) is 9.59 Å². The molecular weight excluding hydrogens is 547 g/mol. The van der Waals surface area contributed by atoms with Gasteiger partial charge in [0.2, 0.25) is 5.91 Å². The van der Waals surface area contributed by atoms with Crippen molar-refractivity contribution in [3.63, 3.8) is 0 Å². The van der Waals surface area contributed by atoms with Gasteiger partial charge in [-0.05, 0) is 66.8 Å². The number of halogens is 2. The molecule has 1 aliphatic carbocycles. The van der Waals surface area contributed by atoms with E-state index < -0.39 is 6.04 Å². The molecule has 3 aromatic rings. The van der Waals surface area contributed by atoms with Gasteiger partial charge in [0.25, 0.3) is 5.91 Å². The first-order valence-electron chi connectivity index (χ1n) is 13.2. The van der Waals surface area contributed by atoms with Crippen molar-refractivity contribution < 1.29 is 18.7 Å². The Bertz CT molecular complexity index is 1210. The summed E-state index contributed by atoms with van der Waals surface area (Å²) >= 11 is 3.48. The zero-order valence-corrected chi connectivity index (χ0v) is 23.3. The zero-order chi connectivity index (χ0) is 26.9. The lowest BCUT2D eigenvalue weighted by Gasteiger charge is -2.33. The summed E-state index contributed by atoms with van der Waals surface area (Å²) < 4.78 is 20.4. The summed E-state index contributed by atoms with van der Waals surface area (Å²) in [6.45, 7) is 1.90. The maximum absolute atomic E-state index is 13.8. The zero-order valence-electron chi connectivity index (χ0n) is 21.7. The molecule has 1 atom stereocenters. The standard InChI is InChI=1S/C31H34BrFN2O3/c1-22-18-27(16-17-28(22)32)38-21-30(36)35(20-24-12-14-25(33)15-13-24)29(19-23-8-4-2-5-9-23)31(37)34-26-10-6-3-7-11-26/h2,4-5,8-9,12-18,26,29H,3,6-7,10-11,19-21H2,1H3,(H,34,37). The lowest BCUT2D eigenvalue weighted by molar-refractivity contribution is -0.143. The van der Waals surface area contributed by atoms with Crippen LogP contribution in [-0.2, 0) is 22.6 Å². The van der Waals surface area contributed by atoms with Gasteiger partial charge in [-0.15, -0.1) is 0 Å². The topological polar surface area (TPSA) is 58.6 Å². The Labute approximate surface area is 232 Å². The first kappa shape index (κ1) is 27.8. The third-order valence-corrected chi connectivity index (χ3v) is 7.87. The molecule has 1 aliphatic rings. The summed E-state index contributed by atoms with van der Waals surface area (Å²) in [5, 5.41) is 3.22. The van der Waals surface area contributed by atoms with E-state index in [-0.39, 0.29) is 36.8 Å². The van der Waals surface area contributed by atoms with E-state index in [0.29, 0.717) is 12.2 Å². The third-order valence-electron chi connectivity index (χ3n) is 6.98. The molecule has 200 valence electrons. The molecule has 7 heteroatoms. The van der Waals surface area contributed by atoms with E-state index >= 15 is 0 Å². The highest BCUT2D eigenvalue weighted by Gasteiger charge is 2.32. The minimum Gasteiger partial charge on any atom is -0.484 e. The highest BCUT2D eigenvalue weighted by atomic mass is 79.9. The Hall–Kier alpha value is -3.19. The van der Waals surface area contributed by atoms with Crippen LogP contribution in [0.4, 0.5) is 4.39 Å². The number of ether oxygens (including phenoxy) is 1. The first-order chi connectivity index (χ1) is 18.4. The second kappa shape index (κ2) is 13.6. The Kier molecular flexibility index (Phi) is 9.93. The third kappa shape index (κ3) is 7.90. The number of nitrogens with zero attached hydrogens (tertiary/aromatic N) is 1. The Morgan fingerprint density at radius 2 is 1.71 bits per heavy atom. The van der Waals surface area contributed by atoms with Gasteiger partial charge in [0, 0.05) is 23.5 Å². The fourth-order valence-electron chi connectivity index (χ4n) is 4.82. The minimum atomic E-state index is -0.743. The molecule has 5 nitrogen and oxygen atoms in total. The summed E-state index contributed by atoms with van der Waals surface area (Å²) in [5.74, 6) is -0.256. The lowest BCUT2D eigenvalue weighted by Crippen LogP contribution is -2.53. The van der Waals surface area contributed by atoms with Crippen LogP contribution in [0.3, 0.4) is 0 Å². The summed E-state index contributed by atoms with van der Waals surface area (Å²) in [4.78, 5) is 29.0. The van der Waals surface area contributed by atoms with E-state index in [0.717, 1.165) is 46.8 Å². The average Bonchev–Trinajstić information content (AvgIpc) is 2.93. The molecule has 0 spiro atoms. The second-order valence-electron chi connectivity index (χ2n) is 9.90. The Balaban J connectivity index is 1.60. The number of carbonyl (C=O) groups is 2. The monoisotopic (exact) mass is 580 g/mol. The van der Waals surface area contributed by atoms with E-state index in [4.69, 9.17) is 4.74 Å². The van der Waals surface area contributed by atoms with Gasteiger partial charge in [-0.1, -0.05) is 77.7 Å². The van der Waals surface area contributed by atoms with Gasteiger partial charge in [-0.2, -0.15) is 0 Å². The Morgan fingerprint density at radius 1 is 1.00 bits per heavy atom. The van der Waals surface area contributed by atoms with Crippen LogP contribution < -0.4 is 10.1 Å². The minimum absolute atomic E-state index is 0.110. The molecule has 0 aliphatic heterocycles. The van der Waals surface area contributed by atoms with Crippen LogP contribution in [0.5, 0.6) is 5.75 Å². The highest BCUT2D eigenvalue weighted by Crippen LogP contribution is 2.23. The second-order valence-corrected chi connectivity index (χ2v) is 10.8. The molecule has 0 radical (unpaired) electrons. The van der Waals surface area contributed by atoms with Gasteiger partial charge in [0.15, 0.2) is 6.61 Å². The average molecular weight is 582 g/mol. The van der Waals surface area contributed by atoms with Crippen molar-refractivity contribution in [3.8, 4) is 5.75 Å². The highest BCUT2D eigenvalue weighted by molar-refractivity contribution is 9.10. The van der Waals surface area contributed by atoms with Crippen LogP contribution in [0.1, 0.15) is 48.8 Å². The van der Waals surface area contributed by atoms with Crippen molar-refractivity contribution in [2.24, 2.45) is 0 Å². The van der Waals surface area contributed by atoms with Gasteiger partial charge in [0.1, 0.15) is 17.6 Å². The number of hydrogen-bond donors (Lipinski definition) is 1. The van der Waals surface area contributed by atoms with Gasteiger partial charge in [0.05, 0.1) is 0 Å². The molecule has 1 saturated carbocycles. The predicted molar refractivity (Wildman–Crippen MR) is 150 cm³/mol. The summed E-state index contributed by atoms with van der Waals surface area (Å²) in [6, 6.07) is 20.6. The van der Waals surface area contributed by atoms with Gasteiger partial charge < -0.3 is 15.0 Å². The molecule has 0 aromatic heterocycles. The van der Waals surface area contributed by atoms with Crippen molar-refractivity contribution in [3.05, 3.63) is 99.8 Å². The lowest BCUT2D eigenvalue weighted by atomic mass is 9.94. The maximum Gasteiger partial charge on any atom is 0.261 e. The molecule has 0 saturated heterocycles. The van der Waals surface area contributed by atoms with Crippen LogP contribution in [-0.4, -0.2) is 35.4 Å². The molecular formula is C31H34BrFN2O3. The van der Waals surface area contributed by atoms with E-state index in [1.54, 1.807) is 23.1 Å². The molecule has 38 heavy (non-hydrogen) atoms. The fraction of sp³-hybridized carbons (Fsp3) is 0.355. The SMILES string of the molecule is Cc1cc(OCC(=O)N(Cc2ccc(F)cc2)C(Cc2ccccc2)C(=O)NC2CCCCC2)ccc1Br. The molecule has 4 rings (SSSR count). The van der Waals surface area contributed by atoms with Gasteiger partial charge >= 0.3 is 0 Å². The number of nitrogens with one attached hydrogen (secondary N) is 1. The van der Waals surface area contributed by atoms with E-state index in [1.807, 2.05) is 49.4 Å². The van der Waals surface area contributed by atoms with Crippen molar-refractivity contribution >= 4 is 27.7 Å². The normalized spacial score (nSPS) is 14.5. The smallest absolute Gasteiger partial charge is 0.261 e. The summed E-state index contributed by atoms with van der Waals surface area (Å²) in [6.07, 6.45) is 5.62. The molecule has 3 aromatic carbocycles.